The molecule has 0 aromatic heterocycles. The van der Waals surface area contributed by atoms with Crippen molar-refractivity contribution in [3.63, 3.8) is 0 Å². The van der Waals surface area contributed by atoms with Crippen LogP contribution in [-0.4, -0.2) is 83.7 Å². The average molecular weight is 370 g/mol. The van der Waals surface area contributed by atoms with Gasteiger partial charge in [-0.05, 0) is 54.9 Å². The molecule has 7 heteroatoms. The summed E-state index contributed by atoms with van der Waals surface area (Å²) >= 11 is 0. The van der Waals surface area contributed by atoms with Crippen molar-refractivity contribution in [3.05, 3.63) is 0 Å². The zero-order valence-electron chi connectivity index (χ0n) is 17.8. The summed E-state index contributed by atoms with van der Waals surface area (Å²) in [4.78, 5) is 22.9. The van der Waals surface area contributed by atoms with E-state index in [1.165, 1.54) is 0 Å². The first kappa shape index (κ1) is 22.5. The first-order valence-corrected chi connectivity index (χ1v) is 9.80. The van der Waals surface area contributed by atoms with Gasteiger partial charge in [0.1, 0.15) is 5.60 Å². The molecule has 1 heterocycles. The first-order chi connectivity index (χ1) is 12.0. The molecule has 0 bridgehead atoms. The Kier molecular flexibility index (Phi) is 8.67. The number of hydrogen-bond acceptors (Lipinski definition) is 4. The van der Waals surface area contributed by atoms with Crippen LogP contribution in [0.1, 0.15) is 54.9 Å². The maximum Gasteiger partial charge on any atom is 0.410 e. The van der Waals surface area contributed by atoms with E-state index in [1.54, 1.807) is 4.90 Å². The van der Waals surface area contributed by atoms with Crippen molar-refractivity contribution in [3.8, 4) is 0 Å². The van der Waals surface area contributed by atoms with Gasteiger partial charge in [-0.3, -0.25) is 9.89 Å². The second-order valence-corrected chi connectivity index (χ2v) is 8.47. The Balaban J connectivity index is 2.37. The number of aliphatic imine (C=N–C) groups is 1. The molecule has 1 rings (SSSR count). The number of rotatable bonds is 6. The molecule has 0 spiro atoms. The minimum atomic E-state index is -0.464. The third-order valence-corrected chi connectivity index (χ3v) is 4.43. The lowest BCUT2D eigenvalue weighted by molar-refractivity contribution is 0.0186. The number of carbonyl (C=O) groups is 1. The fraction of sp³-hybridized carbons (Fsp3) is 0.895. The van der Waals surface area contributed by atoms with Gasteiger partial charge in [0.2, 0.25) is 0 Å². The van der Waals surface area contributed by atoms with Crippen LogP contribution >= 0.6 is 0 Å². The molecule has 0 aromatic rings. The predicted octanol–water partition coefficient (Wildman–Crippen LogP) is 2.36. The van der Waals surface area contributed by atoms with Crippen molar-refractivity contribution < 1.29 is 9.53 Å². The molecule has 7 nitrogen and oxygen atoms in total. The highest BCUT2D eigenvalue weighted by Crippen LogP contribution is 2.12. The van der Waals surface area contributed by atoms with Crippen molar-refractivity contribution in [1.29, 1.82) is 0 Å². The summed E-state index contributed by atoms with van der Waals surface area (Å²) in [5, 5.41) is 0. The molecular weight excluding hydrogens is 330 g/mol. The second kappa shape index (κ2) is 10.00. The Labute approximate surface area is 159 Å². The molecule has 2 N–H and O–H groups in total. The van der Waals surface area contributed by atoms with Crippen LogP contribution in [0.2, 0.25) is 0 Å². The Hall–Kier alpha value is -1.50. The minimum absolute atomic E-state index is 0.255. The summed E-state index contributed by atoms with van der Waals surface area (Å²) in [6, 6.07) is 1.08. The molecule has 1 aliphatic heterocycles. The topological polar surface area (TPSA) is 74.4 Å². The maximum absolute atomic E-state index is 12.1. The van der Waals surface area contributed by atoms with Crippen LogP contribution in [0.5, 0.6) is 0 Å². The normalized spacial score (nSPS) is 16.8. The summed E-state index contributed by atoms with van der Waals surface area (Å²) in [6.45, 7) is 18.9. The first-order valence-electron chi connectivity index (χ1n) is 9.80. The highest BCUT2D eigenvalue weighted by atomic mass is 16.6. The lowest BCUT2D eigenvalue weighted by Gasteiger charge is -2.36. The minimum Gasteiger partial charge on any atom is -0.444 e. The Bertz CT molecular complexity index is 455. The molecule has 0 aromatic carbocycles. The summed E-state index contributed by atoms with van der Waals surface area (Å²) in [7, 11) is 0. The summed E-state index contributed by atoms with van der Waals surface area (Å²) in [5.74, 6) is 0.578. The van der Waals surface area contributed by atoms with Gasteiger partial charge in [0.05, 0.1) is 0 Å². The molecule has 1 fully saturated rings. The number of hydrogen-bond donors (Lipinski definition) is 1. The molecule has 1 saturated heterocycles. The number of nitrogens with two attached hydrogens (primary N) is 1. The SMILES string of the molecule is CC(C)N(CCCN=C(N)N1CCN(C(=O)OC(C)(C)C)CC1)C(C)C. The standard InChI is InChI=1S/C19H39N5O2/c1-15(2)24(16(3)4)10-8-9-21-17(20)22-11-13-23(14-12-22)18(25)26-19(5,6)7/h15-16H,8-14H2,1-7H3,(H2,20,21). The van der Waals surface area contributed by atoms with E-state index in [0.717, 1.165) is 19.5 Å². The smallest absolute Gasteiger partial charge is 0.410 e. The van der Waals surface area contributed by atoms with E-state index in [2.05, 4.69) is 37.6 Å². The summed E-state index contributed by atoms with van der Waals surface area (Å²) in [5.41, 5.74) is 5.67. The third-order valence-electron chi connectivity index (χ3n) is 4.43. The van der Waals surface area contributed by atoms with Crippen molar-refractivity contribution >= 4 is 12.1 Å². The third kappa shape index (κ3) is 7.81. The van der Waals surface area contributed by atoms with Gasteiger partial charge < -0.3 is 20.3 Å². The van der Waals surface area contributed by atoms with E-state index >= 15 is 0 Å². The van der Waals surface area contributed by atoms with Gasteiger partial charge in [0.15, 0.2) is 5.96 Å². The molecule has 152 valence electrons. The molecule has 0 unspecified atom stereocenters. The second-order valence-electron chi connectivity index (χ2n) is 8.47. The molecule has 0 atom stereocenters. The summed E-state index contributed by atoms with van der Waals surface area (Å²) < 4.78 is 5.42. The molecular formula is C19H39N5O2. The van der Waals surface area contributed by atoms with E-state index in [0.29, 0.717) is 44.2 Å². The number of piperazine rings is 1. The van der Waals surface area contributed by atoms with Crippen LogP contribution in [-0.2, 0) is 4.74 Å². The van der Waals surface area contributed by atoms with E-state index in [-0.39, 0.29) is 6.09 Å². The Morgan fingerprint density at radius 2 is 1.58 bits per heavy atom. The van der Waals surface area contributed by atoms with Crippen LogP contribution in [0.15, 0.2) is 4.99 Å². The van der Waals surface area contributed by atoms with Crippen LogP contribution in [0, 0.1) is 0 Å². The Morgan fingerprint density at radius 1 is 1.08 bits per heavy atom. The van der Waals surface area contributed by atoms with Crippen molar-refractivity contribution in [2.45, 2.75) is 72.6 Å². The number of amides is 1. The van der Waals surface area contributed by atoms with Crippen molar-refractivity contribution in [2.75, 3.05) is 39.3 Å². The summed E-state index contributed by atoms with van der Waals surface area (Å²) in [6.07, 6.45) is 0.740. The molecule has 0 saturated carbocycles. The number of ether oxygens (including phenoxy) is 1. The lowest BCUT2D eigenvalue weighted by atomic mass is 10.2. The quantitative estimate of drug-likeness (QED) is 0.442. The number of carbonyl (C=O) groups excluding carboxylic acids is 1. The zero-order valence-corrected chi connectivity index (χ0v) is 17.8. The van der Waals surface area contributed by atoms with Gasteiger partial charge in [-0.25, -0.2) is 4.79 Å². The predicted molar refractivity (Wildman–Crippen MR) is 107 cm³/mol. The van der Waals surface area contributed by atoms with Gasteiger partial charge in [-0.15, -0.1) is 0 Å². The number of nitrogens with zero attached hydrogens (tertiary/aromatic N) is 4. The fourth-order valence-electron chi connectivity index (χ4n) is 3.10. The molecule has 26 heavy (non-hydrogen) atoms. The number of guanidine groups is 1. The van der Waals surface area contributed by atoms with Crippen LogP contribution in [0.3, 0.4) is 0 Å². The van der Waals surface area contributed by atoms with Crippen molar-refractivity contribution in [1.82, 2.24) is 14.7 Å². The van der Waals surface area contributed by atoms with Gasteiger partial charge in [0.25, 0.3) is 0 Å². The molecule has 0 radical (unpaired) electrons. The molecule has 1 amide bonds. The van der Waals surface area contributed by atoms with Gasteiger partial charge in [0, 0.05) is 51.4 Å². The highest BCUT2D eigenvalue weighted by molar-refractivity contribution is 5.78. The van der Waals surface area contributed by atoms with Crippen LogP contribution in [0.25, 0.3) is 0 Å². The maximum atomic E-state index is 12.1. The van der Waals surface area contributed by atoms with Crippen LogP contribution < -0.4 is 5.73 Å². The van der Waals surface area contributed by atoms with Crippen LogP contribution in [0.4, 0.5) is 4.79 Å². The Morgan fingerprint density at radius 3 is 2.04 bits per heavy atom. The van der Waals surface area contributed by atoms with E-state index in [9.17, 15) is 4.79 Å². The lowest BCUT2D eigenvalue weighted by Crippen LogP contribution is -2.53. The average Bonchev–Trinajstić information content (AvgIpc) is 2.52. The van der Waals surface area contributed by atoms with E-state index in [1.807, 2.05) is 25.7 Å². The van der Waals surface area contributed by atoms with Gasteiger partial charge in [-0.2, -0.15) is 0 Å². The molecule has 1 aliphatic rings. The highest BCUT2D eigenvalue weighted by Gasteiger charge is 2.26. The van der Waals surface area contributed by atoms with Gasteiger partial charge in [-0.1, -0.05) is 0 Å². The molecule has 0 aliphatic carbocycles. The van der Waals surface area contributed by atoms with E-state index < -0.39 is 5.60 Å². The fourth-order valence-corrected chi connectivity index (χ4v) is 3.10. The van der Waals surface area contributed by atoms with Crippen molar-refractivity contribution in [2.24, 2.45) is 10.7 Å². The van der Waals surface area contributed by atoms with E-state index in [4.69, 9.17) is 10.5 Å². The monoisotopic (exact) mass is 369 g/mol. The zero-order chi connectivity index (χ0) is 19.9. The largest absolute Gasteiger partial charge is 0.444 e. The van der Waals surface area contributed by atoms with Gasteiger partial charge >= 0.3 is 6.09 Å².